The summed E-state index contributed by atoms with van der Waals surface area (Å²) in [6.07, 6.45) is 1.63. The first-order valence-electron chi connectivity index (χ1n) is 7.11. The molecule has 1 fully saturated rings. The van der Waals surface area contributed by atoms with Crippen molar-refractivity contribution in [3.63, 3.8) is 0 Å². The van der Waals surface area contributed by atoms with Crippen LogP contribution >= 0.6 is 15.9 Å². The van der Waals surface area contributed by atoms with Crippen molar-refractivity contribution in [1.29, 1.82) is 0 Å². The Labute approximate surface area is 135 Å². The molecule has 0 amide bonds. The van der Waals surface area contributed by atoms with Gasteiger partial charge in [0, 0.05) is 29.3 Å². The third kappa shape index (κ3) is 3.59. The normalized spacial score (nSPS) is 22.1. The molecule has 2 rings (SSSR count). The maximum atomic E-state index is 13.0. The molecule has 7 heteroatoms. The van der Waals surface area contributed by atoms with E-state index in [-0.39, 0.29) is 10.9 Å². The topological polar surface area (TPSA) is 66.6 Å². The Balaban J connectivity index is 2.43. The molecule has 1 aliphatic rings. The molecule has 0 radical (unpaired) electrons. The standard InChI is InChI=1S/C14H22BrN3O2S/c1-3-12-10-17(2)7-4-8-18(12)21(19,20)14-9-11(16)5-6-13(14)15/h5-6,9,12H,3-4,7-8,10,16H2,1-2H3. The van der Waals surface area contributed by atoms with Crippen LogP contribution in [0.15, 0.2) is 27.6 Å². The van der Waals surface area contributed by atoms with E-state index in [2.05, 4.69) is 20.8 Å². The van der Waals surface area contributed by atoms with E-state index in [1.165, 1.54) is 6.07 Å². The van der Waals surface area contributed by atoms with Crippen molar-refractivity contribution in [3.05, 3.63) is 22.7 Å². The first-order chi connectivity index (χ1) is 9.86. The quantitative estimate of drug-likeness (QED) is 0.821. The summed E-state index contributed by atoms with van der Waals surface area (Å²) < 4.78 is 28.2. The Morgan fingerprint density at radius 3 is 2.76 bits per heavy atom. The van der Waals surface area contributed by atoms with E-state index < -0.39 is 10.0 Å². The van der Waals surface area contributed by atoms with E-state index in [1.54, 1.807) is 16.4 Å². The molecular formula is C14H22BrN3O2S. The molecular weight excluding hydrogens is 354 g/mol. The van der Waals surface area contributed by atoms with Gasteiger partial charge in [0.2, 0.25) is 10.0 Å². The van der Waals surface area contributed by atoms with Gasteiger partial charge in [-0.1, -0.05) is 6.92 Å². The summed E-state index contributed by atoms with van der Waals surface area (Å²) >= 11 is 3.33. The maximum absolute atomic E-state index is 13.0. The van der Waals surface area contributed by atoms with Crippen molar-refractivity contribution in [3.8, 4) is 0 Å². The number of nitrogens with two attached hydrogens (primary N) is 1. The van der Waals surface area contributed by atoms with Crippen molar-refractivity contribution in [2.24, 2.45) is 0 Å². The fourth-order valence-corrected chi connectivity index (χ4v) is 5.40. The number of benzene rings is 1. The summed E-state index contributed by atoms with van der Waals surface area (Å²) in [5.41, 5.74) is 6.22. The summed E-state index contributed by atoms with van der Waals surface area (Å²) in [5, 5.41) is 0. The van der Waals surface area contributed by atoms with E-state index in [0.717, 1.165) is 25.9 Å². The molecule has 1 aliphatic heterocycles. The van der Waals surface area contributed by atoms with Gasteiger partial charge in [0.1, 0.15) is 0 Å². The molecule has 21 heavy (non-hydrogen) atoms. The summed E-state index contributed by atoms with van der Waals surface area (Å²) in [6.45, 7) is 4.25. The zero-order chi connectivity index (χ0) is 15.6. The van der Waals surface area contributed by atoms with Crippen molar-refractivity contribution in [2.45, 2.75) is 30.7 Å². The van der Waals surface area contributed by atoms with Gasteiger partial charge >= 0.3 is 0 Å². The highest BCUT2D eigenvalue weighted by atomic mass is 79.9. The lowest BCUT2D eigenvalue weighted by Gasteiger charge is -2.29. The van der Waals surface area contributed by atoms with Crippen LogP contribution in [0.5, 0.6) is 0 Å². The second-order valence-electron chi connectivity index (χ2n) is 5.48. The fraction of sp³-hybridized carbons (Fsp3) is 0.571. The van der Waals surface area contributed by atoms with Crippen LogP contribution in [0.3, 0.4) is 0 Å². The summed E-state index contributed by atoms with van der Waals surface area (Å²) in [7, 11) is -1.51. The number of hydrogen-bond acceptors (Lipinski definition) is 4. The Hall–Kier alpha value is -0.630. The third-order valence-corrected chi connectivity index (χ3v) is 6.81. The van der Waals surface area contributed by atoms with E-state index in [1.807, 2.05) is 14.0 Å². The van der Waals surface area contributed by atoms with Gasteiger partial charge in [-0.05, 0) is 60.6 Å². The molecule has 0 spiro atoms. The molecule has 1 saturated heterocycles. The lowest BCUT2D eigenvalue weighted by Crippen LogP contribution is -2.43. The monoisotopic (exact) mass is 375 g/mol. The Kier molecular flexibility index (Phi) is 5.29. The number of hydrogen-bond donors (Lipinski definition) is 1. The minimum Gasteiger partial charge on any atom is -0.399 e. The number of nitrogens with zero attached hydrogens (tertiary/aromatic N) is 2. The van der Waals surface area contributed by atoms with Gasteiger partial charge in [0.25, 0.3) is 0 Å². The van der Waals surface area contributed by atoms with E-state index in [4.69, 9.17) is 5.73 Å². The van der Waals surface area contributed by atoms with Gasteiger partial charge in [0.15, 0.2) is 0 Å². The van der Waals surface area contributed by atoms with Crippen LogP contribution in [0.1, 0.15) is 19.8 Å². The first-order valence-corrected chi connectivity index (χ1v) is 9.35. The van der Waals surface area contributed by atoms with Crippen molar-refractivity contribution in [2.75, 3.05) is 32.4 Å². The van der Waals surface area contributed by atoms with Crippen molar-refractivity contribution < 1.29 is 8.42 Å². The molecule has 0 saturated carbocycles. The molecule has 0 aliphatic carbocycles. The lowest BCUT2D eigenvalue weighted by atomic mass is 10.2. The van der Waals surface area contributed by atoms with Gasteiger partial charge < -0.3 is 10.6 Å². The molecule has 1 aromatic carbocycles. The van der Waals surface area contributed by atoms with Gasteiger partial charge in [-0.2, -0.15) is 4.31 Å². The smallest absolute Gasteiger partial charge is 0.244 e. The molecule has 1 aromatic rings. The predicted octanol–water partition coefficient (Wildman–Crippen LogP) is 2.14. The van der Waals surface area contributed by atoms with Crippen LogP contribution in [-0.4, -0.2) is 50.3 Å². The minimum absolute atomic E-state index is 0.00386. The third-order valence-electron chi connectivity index (χ3n) is 3.86. The van der Waals surface area contributed by atoms with Gasteiger partial charge in [-0.25, -0.2) is 8.42 Å². The number of sulfonamides is 1. The zero-order valence-corrected chi connectivity index (χ0v) is 14.8. The highest BCUT2D eigenvalue weighted by Gasteiger charge is 2.33. The highest BCUT2D eigenvalue weighted by Crippen LogP contribution is 2.29. The summed E-state index contributed by atoms with van der Waals surface area (Å²) in [6, 6.07) is 4.90. The van der Waals surface area contributed by atoms with Crippen LogP contribution in [0.4, 0.5) is 5.69 Å². The molecule has 118 valence electrons. The number of nitrogen functional groups attached to an aromatic ring is 1. The number of anilines is 1. The van der Waals surface area contributed by atoms with Crippen molar-refractivity contribution in [1.82, 2.24) is 9.21 Å². The Morgan fingerprint density at radius 1 is 1.38 bits per heavy atom. The van der Waals surface area contributed by atoms with Crippen LogP contribution in [0.25, 0.3) is 0 Å². The Bertz CT molecular complexity index is 606. The van der Waals surface area contributed by atoms with E-state index >= 15 is 0 Å². The molecule has 5 nitrogen and oxygen atoms in total. The maximum Gasteiger partial charge on any atom is 0.244 e. The zero-order valence-electron chi connectivity index (χ0n) is 12.4. The van der Waals surface area contributed by atoms with Crippen LogP contribution in [-0.2, 0) is 10.0 Å². The lowest BCUT2D eigenvalue weighted by molar-refractivity contribution is 0.270. The highest BCUT2D eigenvalue weighted by molar-refractivity contribution is 9.10. The second-order valence-corrected chi connectivity index (χ2v) is 8.20. The van der Waals surface area contributed by atoms with Crippen LogP contribution < -0.4 is 5.73 Å². The first kappa shape index (κ1) is 16.7. The molecule has 1 atom stereocenters. The van der Waals surface area contributed by atoms with Gasteiger partial charge in [-0.3, -0.25) is 0 Å². The van der Waals surface area contributed by atoms with Gasteiger partial charge in [-0.15, -0.1) is 0 Å². The number of halogens is 1. The molecule has 1 unspecified atom stereocenters. The average Bonchev–Trinajstić information content (AvgIpc) is 2.63. The molecule has 1 heterocycles. The largest absolute Gasteiger partial charge is 0.399 e. The SMILES string of the molecule is CCC1CN(C)CCCN1S(=O)(=O)c1cc(N)ccc1Br. The molecule has 2 N–H and O–H groups in total. The van der Waals surface area contributed by atoms with E-state index in [0.29, 0.717) is 16.7 Å². The summed E-state index contributed by atoms with van der Waals surface area (Å²) in [5.74, 6) is 0. The summed E-state index contributed by atoms with van der Waals surface area (Å²) in [4.78, 5) is 2.45. The fourth-order valence-electron chi connectivity index (χ4n) is 2.71. The van der Waals surface area contributed by atoms with Crippen LogP contribution in [0, 0.1) is 0 Å². The number of likely N-dealkylation sites (N-methyl/N-ethyl adjacent to an activating group) is 1. The van der Waals surface area contributed by atoms with Gasteiger partial charge in [0.05, 0.1) is 4.90 Å². The van der Waals surface area contributed by atoms with Crippen molar-refractivity contribution >= 4 is 31.6 Å². The Morgan fingerprint density at radius 2 is 2.10 bits per heavy atom. The van der Waals surface area contributed by atoms with Crippen LogP contribution in [0.2, 0.25) is 0 Å². The molecule has 0 bridgehead atoms. The van der Waals surface area contributed by atoms with E-state index in [9.17, 15) is 8.42 Å². The molecule has 0 aromatic heterocycles. The second kappa shape index (κ2) is 6.64. The predicted molar refractivity (Wildman–Crippen MR) is 88.6 cm³/mol. The minimum atomic E-state index is -3.54. The number of rotatable bonds is 3. The average molecular weight is 376 g/mol.